The van der Waals surface area contributed by atoms with Crippen molar-refractivity contribution in [1.82, 2.24) is 14.8 Å². The Kier molecular flexibility index (Phi) is 5.49. The molecule has 6 heteroatoms. The summed E-state index contributed by atoms with van der Waals surface area (Å²) in [7, 11) is 5.02. The van der Waals surface area contributed by atoms with Crippen LogP contribution in [0.2, 0.25) is 0 Å². The topological polar surface area (TPSA) is 63.6 Å². The molecule has 1 N–H and O–H groups in total. The van der Waals surface area contributed by atoms with Crippen LogP contribution in [-0.4, -0.2) is 49.0 Å². The second-order valence-electron chi connectivity index (χ2n) is 5.88. The van der Waals surface area contributed by atoms with Gasteiger partial charge in [-0.3, -0.25) is 9.59 Å². The van der Waals surface area contributed by atoms with E-state index in [4.69, 9.17) is 4.74 Å². The maximum Gasteiger partial charge on any atom is 0.253 e. The lowest BCUT2D eigenvalue weighted by Crippen LogP contribution is -2.30. The largest absolute Gasteiger partial charge is 0.497 e. The number of aromatic nitrogens is 1. The minimum atomic E-state index is -0.162. The molecule has 0 aliphatic rings. The summed E-state index contributed by atoms with van der Waals surface area (Å²) in [6.07, 6.45) is 0.285. The van der Waals surface area contributed by atoms with Gasteiger partial charge >= 0.3 is 0 Å². The Labute approximate surface area is 142 Å². The predicted octanol–water partition coefficient (Wildman–Crippen LogP) is 2.19. The minimum Gasteiger partial charge on any atom is -0.497 e. The van der Waals surface area contributed by atoms with E-state index in [1.165, 1.54) is 4.90 Å². The van der Waals surface area contributed by atoms with Gasteiger partial charge in [0.05, 0.1) is 12.7 Å². The van der Waals surface area contributed by atoms with Crippen LogP contribution in [0.4, 0.5) is 0 Å². The summed E-state index contributed by atoms with van der Waals surface area (Å²) in [4.78, 5) is 25.8. The van der Waals surface area contributed by atoms with Crippen LogP contribution >= 0.6 is 0 Å². The summed E-state index contributed by atoms with van der Waals surface area (Å²) in [5.74, 6) is 0.543. The van der Waals surface area contributed by atoms with Crippen LogP contribution in [0, 0.1) is 6.92 Å². The van der Waals surface area contributed by atoms with Crippen LogP contribution in [-0.2, 0) is 11.3 Å². The van der Waals surface area contributed by atoms with E-state index >= 15 is 0 Å². The van der Waals surface area contributed by atoms with Crippen LogP contribution in [0.3, 0.4) is 0 Å². The first-order chi connectivity index (χ1) is 11.4. The summed E-state index contributed by atoms with van der Waals surface area (Å²) in [6, 6.07) is 5.75. The molecule has 0 radical (unpaired) electrons. The van der Waals surface area contributed by atoms with Gasteiger partial charge in [0.2, 0.25) is 5.91 Å². The van der Waals surface area contributed by atoms with Crippen molar-refractivity contribution in [2.45, 2.75) is 26.8 Å². The molecular formula is C18H25N3O3. The van der Waals surface area contributed by atoms with Gasteiger partial charge in [-0.15, -0.1) is 0 Å². The number of nitrogens with zero attached hydrogens (tertiary/aromatic N) is 2. The van der Waals surface area contributed by atoms with Gasteiger partial charge in [0.15, 0.2) is 0 Å². The highest BCUT2D eigenvalue weighted by Gasteiger charge is 2.20. The lowest BCUT2D eigenvalue weighted by atomic mass is 10.1. The van der Waals surface area contributed by atoms with Crippen LogP contribution in [0.15, 0.2) is 18.2 Å². The van der Waals surface area contributed by atoms with Crippen LogP contribution in [0.25, 0.3) is 10.9 Å². The molecule has 0 unspecified atom stereocenters. The van der Waals surface area contributed by atoms with E-state index in [0.29, 0.717) is 17.9 Å². The van der Waals surface area contributed by atoms with E-state index in [1.807, 2.05) is 32.0 Å². The van der Waals surface area contributed by atoms with Crippen molar-refractivity contribution < 1.29 is 14.3 Å². The Morgan fingerprint density at radius 2 is 2.00 bits per heavy atom. The number of nitrogens with one attached hydrogen (secondary N) is 1. The second kappa shape index (κ2) is 7.38. The van der Waals surface area contributed by atoms with Crippen LogP contribution in [0.1, 0.15) is 29.4 Å². The first-order valence-corrected chi connectivity index (χ1v) is 8.05. The number of amides is 2. The molecule has 0 fully saturated rings. The molecule has 2 rings (SSSR count). The molecule has 6 nitrogen and oxygen atoms in total. The molecule has 0 saturated heterocycles. The van der Waals surface area contributed by atoms with Crippen molar-refractivity contribution in [3.8, 4) is 5.75 Å². The normalized spacial score (nSPS) is 10.7. The highest BCUT2D eigenvalue weighted by molar-refractivity contribution is 6.08. The molecule has 24 heavy (non-hydrogen) atoms. The summed E-state index contributed by atoms with van der Waals surface area (Å²) >= 11 is 0. The van der Waals surface area contributed by atoms with Gasteiger partial charge < -0.3 is 19.5 Å². The highest BCUT2D eigenvalue weighted by Crippen LogP contribution is 2.29. The smallest absolute Gasteiger partial charge is 0.253 e. The first kappa shape index (κ1) is 17.8. The van der Waals surface area contributed by atoms with E-state index in [0.717, 1.165) is 23.1 Å². The molecule has 0 spiro atoms. The molecule has 2 amide bonds. The predicted molar refractivity (Wildman–Crippen MR) is 94.5 cm³/mol. The van der Waals surface area contributed by atoms with Crippen molar-refractivity contribution >= 4 is 22.7 Å². The van der Waals surface area contributed by atoms with Crippen molar-refractivity contribution in [2.75, 3.05) is 27.7 Å². The third kappa shape index (κ3) is 3.37. The fourth-order valence-corrected chi connectivity index (χ4v) is 2.88. The Bertz CT molecular complexity index is 762. The molecular weight excluding hydrogens is 306 g/mol. The molecule has 0 aliphatic heterocycles. The zero-order valence-corrected chi connectivity index (χ0v) is 15.0. The number of carbonyl (C=O) groups excluding carboxylic acids is 2. The summed E-state index contributed by atoms with van der Waals surface area (Å²) < 4.78 is 7.39. The number of fused-ring (bicyclic) bond motifs is 1. The molecule has 0 bridgehead atoms. The summed E-state index contributed by atoms with van der Waals surface area (Å²) in [5, 5.41) is 3.72. The molecule has 0 saturated carbocycles. The lowest BCUT2D eigenvalue weighted by Gasteiger charge is -2.11. The second-order valence-corrected chi connectivity index (χ2v) is 5.88. The fraction of sp³-hybridized carbons (Fsp3) is 0.444. The number of hydrogen-bond acceptors (Lipinski definition) is 3. The fourth-order valence-electron chi connectivity index (χ4n) is 2.88. The van der Waals surface area contributed by atoms with E-state index < -0.39 is 0 Å². The van der Waals surface area contributed by atoms with Gasteiger partial charge in [0.1, 0.15) is 5.75 Å². The van der Waals surface area contributed by atoms with Gasteiger partial charge in [-0.05, 0) is 32.0 Å². The standard InChI is InChI=1S/C18H25N3O3/c1-6-21-12(2)17(14-11-13(24-5)7-8-15(14)21)18(23)19-10-9-16(22)20(3)4/h7-8,11H,6,9-10H2,1-5H3,(H,19,23). The number of carbonyl (C=O) groups is 2. The molecule has 1 aromatic carbocycles. The number of rotatable bonds is 6. The van der Waals surface area contributed by atoms with Gasteiger partial charge in [-0.25, -0.2) is 0 Å². The lowest BCUT2D eigenvalue weighted by molar-refractivity contribution is -0.128. The average Bonchev–Trinajstić information content (AvgIpc) is 2.84. The van der Waals surface area contributed by atoms with E-state index in [9.17, 15) is 9.59 Å². The zero-order valence-electron chi connectivity index (χ0n) is 15.0. The number of hydrogen-bond donors (Lipinski definition) is 1. The Hall–Kier alpha value is -2.50. The molecule has 0 aliphatic carbocycles. The maximum absolute atomic E-state index is 12.7. The number of aryl methyl sites for hydroxylation is 1. The Balaban J connectivity index is 2.31. The quantitative estimate of drug-likeness (QED) is 0.882. The Morgan fingerprint density at radius 1 is 1.29 bits per heavy atom. The first-order valence-electron chi connectivity index (χ1n) is 8.05. The number of ether oxygens (including phenoxy) is 1. The van der Waals surface area contributed by atoms with E-state index in [1.54, 1.807) is 21.2 Å². The molecule has 130 valence electrons. The highest BCUT2D eigenvalue weighted by atomic mass is 16.5. The summed E-state index contributed by atoms with van der Waals surface area (Å²) in [6.45, 7) is 5.09. The van der Waals surface area contributed by atoms with Crippen molar-refractivity contribution in [2.24, 2.45) is 0 Å². The van der Waals surface area contributed by atoms with Gasteiger partial charge in [0.25, 0.3) is 5.91 Å². The Morgan fingerprint density at radius 3 is 2.58 bits per heavy atom. The zero-order chi connectivity index (χ0) is 17.9. The molecule has 1 aromatic heterocycles. The van der Waals surface area contributed by atoms with Gasteiger partial charge in [0, 0.05) is 50.2 Å². The van der Waals surface area contributed by atoms with E-state index in [2.05, 4.69) is 9.88 Å². The van der Waals surface area contributed by atoms with Crippen LogP contribution in [0.5, 0.6) is 5.75 Å². The maximum atomic E-state index is 12.7. The summed E-state index contributed by atoms with van der Waals surface area (Å²) in [5.41, 5.74) is 2.56. The average molecular weight is 331 g/mol. The van der Waals surface area contributed by atoms with Crippen molar-refractivity contribution in [1.29, 1.82) is 0 Å². The van der Waals surface area contributed by atoms with Gasteiger partial charge in [-0.1, -0.05) is 0 Å². The van der Waals surface area contributed by atoms with Crippen LogP contribution < -0.4 is 10.1 Å². The minimum absolute atomic E-state index is 0.00956. The van der Waals surface area contributed by atoms with Gasteiger partial charge in [-0.2, -0.15) is 0 Å². The monoisotopic (exact) mass is 331 g/mol. The third-order valence-electron chi connectivity index (χ3n) is 4.20. The molecule has 2 aromatic rings. The molecule has 1 heterocycles. The number of methoxy groups -OCH3 is 1. The SMILES string of the molecule is CCn1c(C)c(C(=O)NCCC(=O)N(C)C)c2cc(OC)ccc21. The van der Waals surface area contributed by atoms with Crippen molar-refractivity contribution in [3.05, 3.63) is 29.5 Å². The number of benzene rings is 1. The van der Waals surface area contributed by atoms with Crippen molar-refractivity contribution in [3.63, 3.8) is 0 Å². The third-order valence-corrected chi connectivity index (χ3v) is 4.20. The van der Waals surface area contributed by atoms with E-state index in [-0.39, 0.29) is 18.2 Å². The molecule has 0 atom stereocenters.